The molecule has 0 spiro atoms. The third-order valence-corrected chi connectivity index (χ3v) is 9.07. The predicted octanol–water partition coefficient (Wildman–Crippen LogP) is 4.39. The molecule has 1 amide bonds. The van der Waals surface area contributed by atoms with Crippen molar-refractivity contribution in [3.8, 4) is 22.6 Å². The number of hydrogen-bond acceptors (Lipinski definition) is 9. The molecule has 2 N–H and O–H groups in total. The van der Waals surface area contributed by atoms with Crippen molar-refractivity contribution in [1.82, 2.24) is 24.8 Å². The molecule has 1 aromatic carbocycles. The summed E-state index contributed by atoms with van der Waals surface area (Å²) in [7, 11) is 2.98. The van der Waals surface area contributed by atoms with E-state index in [1.165, 1.54) is 20.3 Å². The van der Waals surface area contributed by atoms with E-state index < -0.39 is 0 Å². The molecule has 0 aliphatic carbocycles. The molecule has 0 bridgehead atoms. The van der Waals surface area contributed by atoms with Gasteiger partial charge >= 0.3 is 0 Å². The van der Waals surface area contributed by atoms with Crippen molar-refractivity contribution in [2.45, 2.75) is 38.3 Å². The fourth-order valence-electron chi connectivity index (χ4n) is 5.74. The number of carbonyl (C=O) groups is 1. The molecule has 44 heavy (non-hydrogen) atoms. The zero-order valence-electron chi connectivity index (χ0n) is 25.0. The highest BCUT2D eigenvalue weighted by Crippen LogP contribution is 2.45. The molecule has 2 saturated heterocycles. The first-order chi connectivity index (χ1) is 21.3. The molecule has 5 rings (SSSR count). The number of anilines is 1. The van der Waals surface area contributed by atoms with E-state index in [0.717, 1.165) is 58.5 Å². The van der Waals surface area contributed by atoms with Gasteiger partial charge in [-0.3, -0.25) is 14.2 Å². The highest BCUT2D eigenvalue weighted by molar-refractivity contribution is 6.41. The topological polar surface area (TPSA) is 120 Å². The van der Waals surface area contributed by atoms with Gasteiger partial charge in [0.05, 0.1) is 29.8 Å². The van der Waals surface area contributed by atoms with Crippen LogP contribution >= 0.6 is 23.2 Å². The zero-order chi connectivity index (χ0) is 31.2. The minimum Gasteiger partial charge on any atom is -0.495 e. The lowest BCUT2D eigenvalue weighted by molar-refractivity contribution is -0.117. The maximum Gasteiger partial charge on any atom is 0.260 e. The summed E-state index contributed by atoms with van der Waals surface area (Å²) in [5.41, 5.74) is 0.838. The van der Waals surface area contributed by atoms with Crippen LogP contribution in [-0.4, -0.2) is 85.0 Å². The van der Waals surface area contributed by atoms with E-state index in [9.17, 15) is 9.59 Å². The van der Waals surface area contributed by atoms with Crippen LogP contribution in [0.4, 0.5) is 5.95 Å². The SMILES string of the molecule is C=CC(=O)NC1CCN(CCn2c(=O)c(-c3c(Cl)c(OC)cc(OC)c3Cl)cc3cnc(NCC4CCOCC4)nc32)CC1. The number of nitrogens with one attached hydrogen (secondary N) is 2. The highest BCUT2D eigenvalue weighted by atomic mass is 35.5. The lowest BCUT2D eigenvalue weighted by Gasteiger charge is -2.32. The average molecular weight is 646 g/mol. The molecule has 0 atom stereocenters. The van der Waals surface area contributed by atoms with E-state index in [4.69, 9.17) is 42.4 Å². The van der Waals surface area contributed by atoms with Gasteiger partial charge in [-0.05, 0) is 43.7 Å². The molecule has 13 heteroatoms. The largest absolute Gasteiger partial charge is 0.495 e. The Hall–Kier alpha value is -3.38. The van der Waals surface area contributed by atoms with Crippen LogP contribution in [0.1, 0.15) is 25.7 Å². The number of amides is 1. The summed E-state index contributed by atoms with van der Waals surface area (Å²) < 4.78 is 18.1. The van der Waals surface area contributed by atoms with Crippen LogP contribution in [0.5, 0.6) is 11.5 Å². The molecular formula is C31H38Cl2N6O5. The van der Waals surface area contributed by atoms with Crippen LogP contribution < -0.4 is 25.7 Å². The van der Waals surface area contributed by atoms with Gasteiger partial charge in [-0.25, -0.2) is 4.98 Å². The number of fused-ring (bicyclic) bond motifs is 1. The monoisotopic (exact) mass is 644 g/mol. The van der Waals surface area contributed by atoms with E-state index in [0.29, 0.717) is 58.6 Å². The molecule has 0 unspecified atom stereocenters. The van der Waals surface area contributed by atoms with Crippen molar-refractivity contribution in [2.75, 3.05) is 58.9 Å². The summed E-state index contributed by atoms with van der Waals surface area (Å²) in [5, 5.41) is 7.42. The Kier molecular flexibility index (Phi) is 10.6. The number of methoxy groups -OCH3 is 2. The Morgan fingerprint density at radius 3 is 2.41 bits per heavy atom. The van der Waals surface area contributed by atoms with Crippen molar-refractivity contribution in [2.24, 2.45) is 5.92 Å². The number of benzene rings is 1. The minimum atomic E-state index is -0.293. The van der Waals surface area contributed by atoms with Gasteiger partial charge in [0, 0.05) is 75.2 Å². The summed E-state index contributed by atoms with van der Waals surface area (Å²) >= 11 is 13.5. The van der Waals surface area contributed by atoms with E-state index in [1.54, 1.807) is 22.9 Å². The Labute approximate surface area is 266 Å². The van der Waals surface area contributed by atoms with Crippen LogP contribution in [0.15, 0.2) is 35.8 Å². The third-order valence-electron chi connectivity index (χ3n) is 8.32. The summed E-state index contributed by atoms with van der Waals surface area (Å²) in [6, 6.07) is 3.41. The van der Waals surface area contributed by atoms with E-state index >= 15 is 0 Å². The fraction of sp³-hybridized carbons (Fsp3) is 0.484. The number of nitrogens with zero attached hydrogens (tertiary/aromatic N) is 4. The summed E-state index contributed by atoms with van der Waals surface area (Å²) in [6.45, 7) is 8.32. The first-order valence-corrected chi connectivity index (χ1v) is 15.6. The molecule has 0 radical (unpaired) electrons. The predicted molar refractivity (Wildman–Crippen MR) is 172 cm³/mol. The molecule has 2 fully saturated rings. The van der Waals surface area contributed by atoms with E-state index in [-0.39, 0.29) is 27.6 Å². The number of carbonyl (C=O) groups excluding carboxylic acids is 1. The average Bonchev–Trinajstić information content (AvgIpc) is 3.05. The van der Waals surface area contributed by atoms with Gasteiger partial charge in [-0.2, -0.15) is 4.98 Å². The van der Waals surface area contributed by atoms with Crippen molar-refractivity contribution < 1.29 is 19.0 Å². The number of likely N-dealkylation sites (tertiary alicyclic amines) is 1. The second-order valence-electron chi connectivity index (χ2n) is 11.0. The van der Waals surface area contributed by atoms with Crippen LogP contribution in [0.3, 0.4) is 0 Å². The van der Waals surface area contributed by atoms with Gasteiger partial charge in [0.15, 0.2) is 0 Å². The number of halogens is 2. The Balaban J connectivity index is 1.49. The van der Waals surface area contributed by atoms with Crippen molar-refractivity contribution >= 4 is 46.1 Å². The highest BCUT2D eigenvalue weighted by Gasteiger charge is 2.25. The molecule has 2 aliphatic heterocycles. The smallest absolute Gasteiger partial charge is 0.260 e. The molecule has 4 heterocycles. The number of hydrogen-bond donors (Lipinski definition) is 2. The second kappa shape index (κ2) is 14.6. The standard InChI is InChI=1S/C31H38Cl2N6O5/c1-4-25(40)36-21-5-9-38(10-6-21)11-12-39-29-20(18-35-31(37-29)34-17-19-7-13-44-14-8-19)15-22(30(39)41)26-27(32)23(42-2)16-24(43-3)28(26)33/h4,15-16,18-19,21H,1,5-14,17H2,2-3H3,(H,36,40)(H,34,35,37). The van der Waals surface area contributed by atoms with Crippen LogP contribution in [0.2, 0.25) is 10.0 Å². The number of ether oxygens (including phenoxy) is 3. The maximum atomic E-state index is 14.3. The molecule has 0 saturated carbocycles. The normalized spacial score (nSPS) is 16.5. The Bertz CT molecular complexity index is 1540. The van der Waals surface area contributed by atoms with Crippen molar-refractivity contribution in [1.29, 1.82) is 0 Å². The van der Waals surface area contributed by atoms with E-state index in [2.05, 4.69) is 27.1 Å². The Morgan fingerprint density at radius 2 is 1.77 bits per heavy atom. The molecule has 2 aliphatic rings. The van der Waals surface area contributed by atoms with Gasteiger partial charge < -0.3 is 29.7 Å². The summed E-state index contributed by atoms with van der Waals surface area (Å²) in [6.07, 6.45) is 6.59. The molecule has 236 valence electrons. The first-order valence-electron chi connectivity index (χ1n) is 14.8. The zero-order valence-corrected chi connectivity index (χ0v) is 26.5. The fourth-order valence-corrected chi connectivity index (χ4v) is 6.45. The van der Waals surface area contributed by atoms with Crippen molar-refractivity contribution in [3.63, 3.8) is 0 Å². The summed E-state index contributed by atoms with van der Waals surface area (Å²) in [5.74, 6) is 1.45. The summed E-state index contributed by atoms with van der Waals surface area (Å²) in [4.78, 5) is 37.7. The van der Waals surface area contributed by atoms with Gasteiger partial charge in [-0.1, -0.05) is 29.8 Å². The van der Waals surface area contributed by atoms with Crippen LogP contribution in [0.25, 0.3) is 22.2 Å². The number of pyridine rings is 1. The lowest BCUT2D eigenvalue weighted by atomic mass is 10.0. The molecule has 2 aromatic heterocycles. The van der Waals surface area contributed by atoms with Gasteiger partial charge in [-0.15, -0.1) is 0 Å². The minimum absolute atomic E-state index is 0.105. The van der Waals surface area contributed by atoms with Gasteiger partial charge in [0.1, 0.15) is 17.1 Å². The second-order valence-corrected chi connectivity index (χ2v) is 11.8. The molecule has 11 nitrogen and oxygen atoms in total. The lowest BCUT2D eigenvalue weighted by Crippen LogP contribution is -2.45. The van der Waals surface area contributed by atoms with Crippen LogP contribution in [0, 0.1) is 5.92 Å². The maximum absolute atomic E-state index is 14.3. The van der Waals surface area contributed by atoms with Gasteiger partial charge in [0.2, 0.25) is 11.9 Å². The van der Waals surface area contributed by atoms with Crippen molar-refractivity contribution in [3.05, 3.63) is 51.4 Å². The first kappa shape index (κ1) is 32.0. The Morgan fingerprint density at radius 1 is 1.09 bits per heavy atom. The number of aromatic nitrogens is 3. The number of rotatable bonds is 11. The van der Waals surface area contributed by atoms with Gasteiger partial charge in [0.25, 0.3) is 5.56 Å². The number of piperidine rings is 1. The molecular weight excluding hydrogens is 607 g/mol. The molecule has 3 aromatic rings. The van der Waals surface area contributed by atoms with Crippen LogP contribution in [-0.2, 0) is 16.1 Å². The van der Waals surface area contributed by atoms with E-state index in [1.807, 2.05) is 0 Å². The third kappa shape index (κ3) is 7.12. The quantitative estimate of drug-likeness (QED) is 0.293.